The summed E-state index contributed by atoms with van der Waals surface area (Å²) in [6.07, 6.45) is -3.37. The minimum atomic E-state index is -4.37. The summed E-state index contributed by atoms with van der Waals surface area (Å²) in [6.45, 7) is 4.08. The summed E-state index contributed by atoms with van der Waals surface area (Å²) in [5, 5.41) is 0. The van der Waals surface area contributed by atoms with Crippen molar-refractivity contribution in [1.82, 2.24) is 4.90 Å². The van der Waals surface area contributed by atoms with Crippen molar-refractivity contribution in [1.29, 1.82) is 0 Å². The molecule has 3 aromatic carbocycles. The van der Waals surface area contributed by atoms with Gasteiger partial charge in [0.2, 0.25) is 0 Å². The van der Waals surface area contributed by atoms with E-state index in [-0.39, 0.29) is 17.8 Å². The van der Waals surface area contributed by atoms with E-state index in [4.69, 9.17) is 4.74 Å². The van der Waals surface area contributed by atoms with Crippen molar-refractivity contribution in [3.05, 3.63) is 101 Å². The zero-order valence-electron chi connectivity index (χ0n) is 19.1. The number of piperidine rings is 1. The molecule has 0 saturated carbocycles. The molecule has 1 aliphatic rings. The fraction of sp³-hybridized carbons (Fsp3) is 0.321. The van der Waals surface area contributed by atoms with Crippen molar-refractivity contribution >= 4 is 5.78 Å². The van der Waals surface area contributed by atoms with Crippen LogP contribution in [0.15, 0.2) is 78.9 Å². The lowest BCUT2D eigenvalue weighted by molar-refractivity contribution is -0.137. The van der Waals surface area contributed by atoms with E-state index in [0.717, 1.165) is 48.3 Å². The molecule has 1 heterocycles. The Labute approximate surface area is 198 Å². The lowest BCUT2D eigenvalue weighted by Crippen LogP contribution is -2.44. The van der Waals surface area contributed by atoms with Crippen LogP contribution in [-0.4, -0.2) is 36.4 Å². The predicted molar refractivity (Wildman–Crippen MR) is 126 cm³/mol. The lowest BCUT2D eigenvalue weighted by Gasteiger charge is -2.39. The largest absolute Gasteiger partial charge is 0.490 e. The number of aryl methyl sites for hydroxylation is 1. The van der Waals surface area contributed by atoms with Gasteiger partial charge in [-0.25, -0.2) is 0 Å². The number of Topliss-reactive ketones (excluding diaryl/α,β-unsaturated/α-hetero) is 1. The summed E-state index contributed by atoms with van der Waals surface area (Å²) in [5.74, 6) is 0.616. The number of alkyl halides is 3. The third kappa shape index (κ3) is 5.86. The molecule has 0 aliphatic carbocycles. The highest BCUT2D eigenvalue weighted by Gasteiger charge is 2.33. The minimum Gasteiger partial charge on any atom is -0.490 e. The second-order valence-corrected chi connectivity index (χ2v) is 8.77. The predicted octanol–water partition coefficient (Wildman–Crippen LogP) is 6.52. The van der Waals surface area contributed by atoms with Crippen LogP contribution in [0.5, 0.6) is 5.75 Å². The SMILES string of the molecule is Cc1ccccc1C(=O)CCN1CC[C@@H](Oc2ccc(C(F)(F)F)cc2)[C@@H](c2ccccc2)C1. The average molecular weight is 468 g/mol. The van der Waals surface area contributed by atoms with Gasteiger partial charge in [0.1, 0.15) is 11.9 Å². The van der Waals surface area contributed by atoms with E-state index in [1.807, 2.05) is 49.4 Å². The molecule has 0 bridgehead atoms. The maximum Gasteiger partial charge on any atom is 0.416 e. The Kier molecular flexibility index (Phi) is 7.37. The van der Waals surface area contributed by atoms with Crippen LogP contribution in [0.1, 0.15) is 45.8 Å². The molecule has 4 rings (SSSR count). The number of ether oxygens (including phenoxy) is 1. The van der Waals surface area contributed by atoms with E-state index in [0.29, 0.717) is 18.7 Å². The molecule has 34 heavy (non-hydrogen) atoms. The fourth-order valence-corrected chi connectivity index (χ4v) is 4.54. The highest BCUT2D eigenvalue weighted by Crippen LogP contribution is 2.33. The number of hydrogen-bond donors (Lipinski definition) is 0. The second kappa shape index (κ2) is 10.4. The van der Waals surface area contributed by atoms with Crippen LogP contribution >= 0.6 is 0 Å². The zero-order chi connectivity index (χ0) is 24.1. The Balaban J connectivity index is 1.44. The number of benzene rings is 3. The average Bonchev–Trinajstić information content (AvgIpc) is 2.84. The topological polar surface area (TPSA) is 29.5 Å². The summed E-state index contributed by atoms with van der Waals surface area (Å²) < 4.78 is 44.9. The molecule has 0 radical (unpaired) electrons. The van der Waals surface area contributed by atoms with Gasteiger partial charge in [0.15, 0.2) is 5.78 Å². The van der Waals surface area contributed by atoms with E-state index < -0.39 is 11.7 Å². The van der Waals surface area contributed by atoms with Gasteiger partial charge in [-0.3, -0.25) is 4.79 Å². The molecule has 1 aliphatic heterocycles. The van der Waals surface area contributed by atoms with Gasteiger partial charge in [-0.1, -0.05) is 54.6 Å². The van der Waals surface area contributed by atoms with E-state index in [2.05, 4.69) is 17.0 Å². The minimum absolute atomic E-state index is 0.0470. The molecular weight excluding hydrogens is 439 g/mol. The summed E-state index contributed by atoms with van der Waals surface area (Å²) in [5.41, 5.74) is 2.18. The van der Waals surface area contributed by atoms with E-state index in [1.54, 1.807) is 0 Å². The molecule has 2 atom stereocenters. The maximum atomic E-state index is 12.9. The molecule has 0 aromatic heterocycles. The fourth-order valence-electron chi connectivity index (χ4n) is 4.54. The first-order valence-corrected chi connectivity index (χ1v) is 11.5. The molecule has 0 unspecified atom stereocenters. The Bertz CT molecular complexity index is 1100. The van der Waals surface area contributed by atoms with Gasteiger partial charge in [0.25, 0.3) is 0 Å². The molecule has 0 spiro atoms. The first kappa shape index (κ1) is 24.0. The third-order valence-corrected chi connectivity index (χ3v) is 6.43. The van der Waals surface area contributed by atoms with Crippen molar-refractivity contribution in [3.63, 3.8) is 0 Å². The maximum absolute atomic E-state index is 12.9. The van der Waals surface area contributed by atoms with Gasteiger partial charge in [-0.15, -0.1) is 0 Å². The summed E-state index contributed by atoms with van der Waals surface area (Å²) in [4.78, 5) is 15.0. The normalized spacial score (nSPS) is 19.1. The van der Waals surface area contributed by atoms with Gasteiger partial charge < -0.3 is 9.64 Å². The molecular formula is C28H28F3NO2. The lowest BCUT2D eigenvalue weighted by atomic mass is 9.87. The molecule has 3 aromatic rings. The number of hydrogen-bond acceptors (Lipinski definition) is 3. The molecule has 1 saturated heterocycles. The van der Waals surface area contributed by atoms with Crippen LogP contribution in [0.25, 0.3) is 0 Å². The molecule has 1 fully saturated rings. The number of carbonyl (C=O) groups excluding carboxylic acids is 1. The van der Waals surface area contributed by atoms with Crippen molar-refractivity contribution in [2.45, 2.75) is 38.0 Å². The summed E-state index contributed by atoms with van der Waals surface area (Å²) in [7, 11) is 0. The molecule has 6 heteroatoms. The van der Waals surface area contributed by atoms with Crippen molar-refractivity contribution in [2.75, 3.05) is 19.6 Å². The first-order valence-electron chi connectivity index (χ1n) is 11.5. The number of likely N-dealkylation sites (tertiary alicyclic amines) is 1. The van der Waals surface area contributed by atoms with Gasteiger partial charge >= 0.3 is 6.18 Å². The standard InChI is InChI=1S/C28H28F3NO2/c1-20-7-5-6-10-24(20)26(33)15-17-32-18-16-27(25(19-32)21-8-3-2-4-9-21)34-23-13-11-22(12-14-23)28(29,30)31/h2-14,25,27H,15-19H2,1H3/t25-,27-/m1/s1. The van der Waals surface area contributed by atoms with Gasteiger partial charge in [-0.05, 0) is 48.7 Å². The Morgan fingerprint density at radius 1 is 0.971 bits per heavy atom. The van der Waals surface area contributed by atoms with Crippen LogP contribution < -0.4 is 4.74 Å². The van der Waals surface area contributed by atoms with Gasteiger partial charge in [0, 0.05) is 37.5 Å². The summed E-state index contributed by atoms with van der Waals surface area (Å²) in [6, 6.07) is 22.5. The van der Waals surface area contributed by atoms with Crippen LogP contribution in [0.3, 0.4) is 0 Å². The highest BCUT2D eigenvalue weighted by molar-refractivity contribution is 5.97. The van der Waals surface area contributed by atoms with E-state index in [1.165, 1.54) is 12.1 Å². The quantitative estimate of drug-likeness (QED) is 0.370. The number of nitrogens with zero attached hydrogens (tertiary/aromatic N) is 1. The molecule has 0 N–H and O–H groups in total. The second-order valence-electron chi connectivity index (χ2n) is 8.77. The molecule has 0 amide bonds. The Morgan fingerprint density at radius 3 is 2.32 bits per heavy atom. The van der Waals surface area contributed by atoms with Crippen molar-refractivity contribution < 1.29 is 22.7 Å². The van der Waals surface area contributed by atoms with Gasteiger partial charge in [-0.2, -0.15) is 13.2 Å². The van der Waals surface area contributed by atoms with Gasteiger partial charge in [0.05, 0.1) is 5.56 Å². The smallest absolute Gasteiger partial charge is 0.416 e. The number of rotatable bonds is 7. The van der Waals surface area contributed by atoms with Crippen molar-refractivity contribution in [2.24, 2.45) is 0 Å². The Hall–Kier alpha value is -3.12. The highest BCUT2D eigenvalue weighted by atomic mass is 19.4. The third-order valence-electron chi connectivity index (χ3n) is 6.43. The zero-order valence-corrected chi connectivity index (χ0v) is 19.1. The van der Waals surface area contributed by atoms with Crippen LogP contribution in [0, 0.1) is 6.92 Å². The summed E-state index contributed by atoms with van der Waals surface area (Å²) >= 11 is 0. The number of carbonyl (C=O) groups is 1. The van der Waals surface area contributed by atoms with Crippen LogP contribution in [-0.2, 0) is 6.18 Å². The molecule has 178 valence electrons. The van der Waals surface area contributed by atoms with E-state index >= 15 is 0 Å². The van der Waals surface area contributed by atoms with Crippen LogP contribution in [0.4, 0.5) is 13.2 Å². The van der Waals surface area contributed by atoms with Crippen LogP contribution in [0.2, 0.25) is 0 Å². The van der Waals surface area contributed by atoms with E-state index in [9.17, 15) is 18.0 Å². The van der Waals surface area contributed by atoms with Crippen molar-refractivity contribution in [3.8, 4) is 5.75 Å². The molecule has 3 nitrogen and oxygen atoms in total. The Morgan fingerprint density at radius 2 is 1.65 bits per heavy atom. The number of ketones is 1. The first-order chi connectivity index (χ1) is 16.3. The monoisotopic (exact) mass is 467 g/mol. The number of halogens is 3.